The van der Waals surface area contributed by atoms with Gasteiger partial charge >= 0.3 is 0 Å². The molecule has 90 valence electrons. The molecule has 2 unspecified atom stereocenters. The molecule has 0 bridgehead atoms. The van der Waals surface area contributed by atoms with Crippen molar-refractivity contribution in [3.05, 3.63) is 12.2 Å². The van der Waals surface area contributed by atoms with Crippen LogP contribution in [0.5, 0.6) is 0 Å². The van der Waals surface area contributed by atoms with Crippen molar-refractivity contribution in [1.29, 1.82) is 0 Å². The summed E-state index contributed by atoms with van der Waals surface area (Å²) in [6.45, 7) is 5.88. The van der Waals surface area contributed by atoms with Gasteiger partial charge in [0.15, 0.2) is 0 Å². The molecular formula is C12H21N3O. The molecule has 0 aromatic rings. The first-order valence-corrected chi connectivity index (χ1v) is 6.17. The van der Waals surface area contributed by atoms with Crippen molar-refractivity contribution in [2.45, 2.75) is 25.9 Å². The van der Waals surface area contributed by atoms with E-state index in [1.54, 1.807) is 0 Å². The summed E-state index contributed by atoms with van der Waals surface area (Å²) in [6, 6.07) is 0. The third-order valence-corrected chi connectivity index (χ3v) is 3.49. The van der Waals surface area contributed by atoms with Gasteiger partial charge in [0.05, 0.1) is 6.17 Å². The first-order chi connectivity index (χ1) is 7.81. The standard InChI is InChI=1S/C12H21N3O/c1-2-3-5-14-12(16)10-4-7-15-8-6-13-11(15)9-10/h2-3,10-11,13H,4-9H2,1H3,(H,14,16)/b3-2+. The summed E-state index contributed by atoms with van der Waals surface area (Å²) in [4.78, 5) is 14.3. The molecule has 2 atom stereocenters. The van der Waals surface area contributed by atoms with Gasteiger partial charge in [-0.3, -0.25) is 9.69 Å². The molecule has 0 aromatic carbocycles. The molecule has 2 saturated heterocycles. The molecule has 0 radical (unpaired) electrons. The fraction of sp³-hybridized carbons (Fsp3) is 0.750. The maximum absolute atomic E-state index is 11.9. The third-order valence-electron chi connectivity index (χ3n) is 3.49. The van der Waals surface area contributed by atoms with Gasteiger partial charge in [-0.05, 0) is 19.8 Å². The van der Waals surface area contributed by atoms with Crippen LogP contribution in [0.15, 0.2) is 12.2 Å². The second-order valence-corrected chi connectivity index (χ2v) is 4.54. The lowest BCUT2D eigenvalue weighted by molar-refractivity contribution is -0.126. The zero-order valence-corrected chi connectivity index (χ0v) is 9.91. The van der Waals surface area contributed by atoms with E-state index in [2.05, 4.69) is 15.5 Å². The molecule has 0 spiro atoms. The maximum Gasteiger partial charge on any atom is 0.223 e. The maximum atomic E-state index is 11.9. The van der Waals surface area contributed by atoms with E-state index < -0.39 is 0 Å². The number of hydrogen-bond donors (Lipinski definition) is 2. The topological polar surface area (TPSA) is 44.4 Å². The molecule has 2 aliphatic rings. The van der Waals surface area contributed by atoms with Crippen molar-refractivity contribution in [3.63, 3.8) is 0 Å². The van der Waals surface area contributed by atoms with Crippen LogP contribution in [0.2, 0.25) is 0 Å². The molecule has 0 aliphatic carbocycles. The fourth-order valence-corrected chi connectivity index (χ4v) is 2.53. The zero-order chi connectivity index (χ0) is 11.4. The second kappa shape index (κ2) is 5.46. The summed E-state index contributed by atoms with van der Waals surface area (Å²) in [5.74, 6) is 0.406. The van der Waals surface area contributed by atoms with E-state index in [0.717, 1.165) is 32.5 Å². The molecule has 4 heteroatoms. The molecule has 2 heterocycles. The Bertz CT molecular complexity index is 277. The molecule has 1 amide bonds. The first-order valence-electron chi connectivity index (χ1n) is 6.17. The Hall–Kier alpha value is -0.870. The zero-order valence-electron chi connectivity index (χ0n) is 9.91. The molecule has 4 nitrogen and oxygen atoms in total. The highest BCUT2D eigenvalue weighted by atomic mass is 16.1. The Balaban J connectivity index is 1.79. The van der Waals surface area contributed by atoms with E-state index in [0.29, 0.717) is 12.7 Å². The van der Waals surface area contributed by atoms with Crippen LogP contribution in [-0.4, -0.2) is 43.2 Å². The fourth-order valence-electron chi connectivity index (χ4n) is 2.53. The number of nitrogens with zero attached hydrogens (tertiary/aromatic N) is 1. The second-order valence-electron chi connectivity index (χ2n) is 4.54. The van der Waals surface area contributed by atoms with Gasteiger partial charge in [0.25, 0.3) is 0 Å². The van der Waals surface area contributed by atoms with Crippen molar-refractivity contribution in [3.8, 4) is 0 Å². The van der Waals surface area contributed by atoms with Crippen LogP contribution in [0, 0.1) is 5.92 Å². The molecule has 16 heavy (non-hydrogen) atoms. The monoisotopic (exact) mass is 223 g/mol. The van der Waals surface area contributed by atoms with Gasteiger partial charge in [0.2, 0.25) is 5.91 Å². The summed E-state index contributed by atoms with van der Waals surface area (Å²) >= 11 is 0. The van der Waals surface area contributed by atoms with E-state index in [9.17, 15) is 4.79 Å². The number of amides is 1. The van der Waals surface area contributed by atoms with Crippen molar-refractivity contribution >= 4 is 5.91 Å². The summed E-state index contributed by atoms with van der Waals surface area (Å²) in [6.07, 6.45) is 6.33. The van der Waals surface area contributed by atoms with Gasteiger partial charge in [-0.2, -0.15) is 0 Å². The van der Waals surface area contributed by atoms with Crippen molar-refractivity contribution in [2.75, 3.05) is 26.2 Å². The van der Waals surface area contributed by atoms with Crippen LogP contribution in [0.3, 0.4) is 0 Å². The first kappa shape index (κ1) is 11.6. The van der Waals surface area contributed by atoms with E-state index >= 15 is 0 Å². The molecule has 2 rings (SSSR count). The smallest absolute Gasteiger partial charge is 0.223 e. The lowest BCUT2D eigenvalue weighted by Crippen LogP contribution is -2.46. The number of hydrogen-bond acceptors (Lipinski definition) is 3. The predicted octanol–water partition coefficient (Wildman–Crippen LogP) is 0.320. The van der Waals surface area contributed by atoms with Gasteiger partial charge in [0, 0.05) is 32.1 Å². The van der Waals surface area contributed by atoms with Crippen molar-refractivity contribution < 1.29 is 4.79 Å². The molecule has 2 aliphatic heterocycles. The highest BCUT2D eigenvalue weighted by Crippen LogP contribution is 2.23. The van der Waals surface area contributed by atoms with E-state index in [1.807, 2.05) is 19.1 Å². The summed E-state index contributed by atoms with van der Waals surface area (Å²) in [5, 5.41) is 6.40. The SMILES string of the molecule is C/C=C/CNC(=O)C1CCN2CCNC2C1. The Morgan fingerprint density at radius 2 is 2.44 bits per heavy atom. The number of carbonyl (C=O) groups is 1. The van der Waals surface area contributed by atoms with Gasteiger partial charge < -0.3 is 10.6 Å². The molecule has 2 fully saturated rings. The number of allylic oxidation sites excluding steroid dienone is 1. The lowest BCUT2D eigenvalue weighted by Gasteiger charge is -2.33. The normalized spacial score (nSPS) is 30.6. The van der Waals surface area contributed by atoms with Crippen LogP contribution in [-0.2, 0) is 4.79 Å². The Labute approximate surface area is 97.1 Å². The summed E-state index contributed by atoms with van der Waals surface area (Å²) in [7, 11) is 0. The molecule has 0 saturated carbocycles. The van der Waals surface area contributed by atoms with Crippen LogP contribution in [0.25, 0.3) is 0 Å². The van der Waals surface area contributed by atoms with Gasteiger partial charge in [0.1, 0.15) is 0 Å². The van der Waals surface area contributed by atoms with Gasteiger partial charge in [-0.1, -0.05) is 12.2 Å². The number of rotatable bonds is 3. The summed E-state index contributed by atoms with van der Waals surface area (Å²) in [5.41, 5.74) is 0. The number of fused-ring (bicyclic) bond motifs is 1. The molecule has 0 aromatic heterocycles. The Kier molecular flexibility index (Phi) is 3.96. The van der Waals surface area contributed by atoms with Crippen LogP contribution in [0.4, 0.5) is 0 Å². The minimum absolute atomic E-state index is 0.192. The van der Waals surface area contributed by atoms with Gasteiger partial charge in [-0.15, -0.1) is 0 Å². The quantitative estimate of drug-likeness (QED) is 0.677. The van der Waals surface area contributed by atoms with Crippen LogP contribution in [0.1, 0.15) is 19.8 Å². The highest BCUT2D eigenvalue weighted by Gasteiger charge is 2.34. The molecule has 2 N–H and O–H groups in total. The average Bonchev–Trinajstić information content (AvgIpc) is 2.76. The number of piperidine rings is 1. The van der Waals surface area contributed by atoms with E-state index in [4.69, 9.17) is 0 Å². The van der Waals surface area contributed by atoms with Crippen molar-refractivity contribution in [2.24, 2.45) is 5.92 Å². The minimum Gasteiger partial charge on any atom is -0.352 e. The number of carbonyl (C=O) groups excluding carboxylic acids is 1. The third kappa shape index (κ3) is 2.62. The lowest BCUT2D eigenvalue weighted by atomic mass is 9.94. The van der Waals surface area contributed by atoms with E-state index in [-0.39, 0.29) is 11.8 Å². The largest absolute Gasteiger partial charge is 0.352 e. The number of nitrogens with one attached hydrogen (secondary N) is 2. The van der Waals surface area contributed by atoms with Crippen molar-refractivity contribution in [1.82, 2.24) is 15.5 Å². The van der Waals surface area contributed by atoms with Crippen LogP contribution >= 0.6 is 0 Å². The minimum atomic E-state index is 0.192. The average molecular weight is 223 g/mol. The highest BCUT2D eigenvalue weighted by molar-refractivity contribution is 5.78. The van der Waals surface area contributed by atoms with Gasteiger partial charge in [-0.25, -0.2) is 0 Å². The van der Waals surface area contributed by atoms with E-state index in [1.165, 1.54) is 0 Å². The Morgan fingerprint density at radius 3 is 3.25 bits per heavy atom. The molecular weight excluding hydrogens is 202 g/mol. The summed E-state index contributed by atoms with van der Waals surface area (Å²) < 4.78 is 0. The Morgan fingerprint density at radius 1 is 1.56 bits per heavy atom. The predicted molar refractivity (Wildman–Crippen MR) is 63.9 cm³/mol. The van der Waals surface area contributed by atoms with Crippen LogP contribution < -0.4 is 10.6 Å².